The van der Waals surface area contributed by atoms with Crippen LogP contribution in [-0.4, -0.2) is 29.3 Å². The number of nitrogens with zero attached hydrogens (tertiary/aromatic N) is 1. The molecule has 0 aliphatic carbocycles. The summed E-state index contributed by atoms with van der Waals surface area (Å²) >= 11 is 1.39. The molecule has 1 aromatic rings. The molecule has 0 aromatic heterocycles. The van der Waals surface area contributed by atoms with Crippen LogP contribution in [0.25, 0.3) is 0 Å². The summed E-state index contributed by atoms with van der Waals surface area (Å²) in [6, 6.07) is 7.24. The lowest BCUT2D eigenvalue weighted by Gasteiger charge is -2.36. The van der Waals surface area contributed by atoms with Crippen LogP contribution >= 0.6 is 11.8 Å². The average Bonchev–Trinajstić information content (AvgIpc) is 2.93. The second kappa shape index (κ2) is 5.29. The number of esters is 1. The zero-order chi connectivity index (χ0) is 15.0. The van der Waals surface area contributed by atoms with Gasteiger partial charge in [-0.1, -0.05) is 18.7 Å². The van der Waals surface area contributed by atoms with E-state index in [0.717, 1.165) is 11.3 Å². The molecule has 0 spiro atoms. The molecule has 0 unspecified atom stereocenters. The molecule has 108 valence electrons. The number of methoxy groups -OCH3 is 1. The van der Waals surface area contributed by atoms with Gasteiger partial charge in [-0.05, 0) is 17.7 Å². The van der Waals surface area contributed by atoms with Crippen molar-refractivity contribution in [3.05, 3.63) is 53.1 Å². The number of hydrogen-bond acceptors (Lipinski definition) is 5. The Morgan fingerprint density at radius 2 is 2.10 bits per heavy atom. The quantitative estimate of drug-likeness (QED) is 0.484. The lowest BCUT2D eigenvalue weighted by molar-refractivity contribution is -0.146. The zero-order valence-electron chi connectivity index (χ0n) is 11.4. The van der Waals surface area contributed by atoms with Crippen molar-refractivity contribution in [2.45, 2.75) is 12.0 Å². The Labute approximate surface area is 126 Å². The van der Waals surface area contributed by atoms with Crippen LogP contribution in [0.4, 0.5) is 0 Å². The van der Waals surface area contributed by atoms with Gasteiger partial charge in [0.05, 0.1) is 7.11 Å². The summed E-state index contributed by atoms with van der Waals surface area (Å²) < 4.78 is 10.3. The van der Waals surface area contributed by atoms with Gasteiger partial charge >= 0.3 is 5.97 Å². The van der Waals surface area contributed by atoms with Gasteiger partial charge < -0.3 is 9.47 Å². The number of rotatable bonds is 4. The summed E-state index contributed by atoms with van der Waals surface area (Å²) in [4.78, 5) is 25.1. The van der Waals surface area contributed by atoms with Crippen LogP contribution < -0.4 is 4.74 Å². The van der Waals surface area contributed by atoms with Crippen molar-refractivity contribution >= 4 is 23.6 Å². The molecule has 1 saturated heterocycles. The Hall–Kier alpha value is -2.21. The summed E-state index contributed by atoms with van der Waals surface area (Å²) in [5.74, 6) is 0.0341. The van der Waals surface area contributed by atoms with E-state index in [9.17, 15) is 9.59 Å². The second-order valence-corrected chi connectivity index (χ2v) is 5.57. The van der Waals surface area contributed by atoms with Crippen molar-refractivity contribution in [3.8, 4) is 5.75 Å². The average molecular weight is 303 g/mol. The predicted octanol–water partition coefficient (Wildman–Crippen LogP) is 2.05. The molecule has 1 fully saturated rings. The fourth-order valence-corrected chi connectivity index (χ4v) is 3.18. The zero-order valence-corrected chi connectivity index (χ0v) is 12.2. The van der Waals surface area contributed by atoms with E-state index in [-0.39, 0.29) is 23.6 Å². The molecular weight excluding hydrogens is 290 g/mol. The normalized spacial score (nSPS) is 19.8. The highest BCUT2D eigenvalue weighted by molar-refractivity contribution is 8.03. The van der Waals surface area contributed by atoms with Crippen molar-refractivity contribution in [1.29, 1.82) is 0 Å². The van der Waals surface area contributed by atoms with Crippen LogP contribution in [-0.2, 0) is 20.9 Å². The lowest BCUT2D eigenvalue weighted by atomic mass is 10.1. The number of hydrogen-bond donors (Lipinski definition) is 0. The standard InChI is InChI=1S/C15H13NO4S/c1-9-13(17)16-12(8-21-14(9)16)15(18)20-7-10-3-5-11(19-2)6-4-10/h3-6,8,14H,1,7H2,2H3/t14-/m1/s1. The van der Waals surface area contributed by atoms with Crippen LogP contribution in [0.3, 0.4) is 0 Å². The fourth-order valence-electron chi connectivity index (χ4n) is 2.11. The molecule has 2 aliphatic heterocycles. The van der Waals surface area contributed by atoms with Crippen molar-refractivity contribution in [3.63, 3.8) is 0 Å². The monoisotopic (exact) mass is 303 g/mol. The van der Waals surface area contributed by atoms with E-state index >= 15 is 0 Å². The Morgan fingerprint density at radius 1 is 1.38 bits per heavy atom. The number of β-lactam (4-membered cyclic amide) rings is 1. The molecule has 0 bridgehead atoms. The van der Waals surface area contributed by atoms with Crippen LogP contribution in [0, 0.1) is 0 Å². The molecule has 2 aliphatic rings. The molecule has 1 amide bonds. The van der Waals surface area contributed by atoms with E-state index < -0.39 is 5.97 Å². The first-order valence-electron chi connectivity index (χ1n) is 6.30. The number of ether oxygens (including phenoxy) is 2. The third-order valence-electron chi connectivity index (χ3n) is 3.33. The van der Waals surface area contributed by atoms with Crippen LogP contribution in [0.15, 0.2) is 47.5 Å². The van der Waals surface area contributed by atoms with Gasteiger partial charge in [0.15, 0.2) is 0 Å². The van der Waals surface area contributed by atoms with Crippen molar-refractivity contribution in [2.24, 2.45) is 0 Å². The van der Waals surface area contributed by atoms with Gasteiger partial charge in [-0.15, -0.1) is 11.8 Å². The predicted molar refractivity (Wildman–Crippen MR) is 78.2 cm³/mol. The number of carbonyl (C=O) groups is 2. The molecule has 1 atom stereocenters. The fraction of sp³-hybridized carbons (Fsp3) is 0.200. The maximum absolute atomic E-state index is 12.0. The van der Waals surface area contributed by atoms with E-state index in [1.165, 1.54) is 16.7 Å². The van der Waals surface area contributed by atoms with E-state index in [4.69, 9.17) is 9.47 Å². The van der Waals surface area contributed by atoms with E-state index in [0.29, 0.717) is 5.57 Å². The first-order chi connectivity index (χ1) is 10.1. The Kier molecular flexibility index (Phi) is 3.47. The minimum Gasteiger partial charge on any atom is -0.497 e. The van der Waals surface area contributed by atoms with Crippen LogP contribution in [0.1, 0.15) is 5.56 Å². The molecule has 3 rings (SSSR count). The number of thioether (sulfide) groups is 1. The van der Waals surface area contributed by atoms with E-state index in [1.54, 1.807) is 24.7 Å². The first kappa shape index (κ1) is 13.8. The van der Waals surface area contributed by atoms with Gasteiger partial charge in [-0.3, -0.25) is 9.69 Å². The summed E-state index contributed by atoms with van der Waals surface area (Å²) in [6.07, 6.45) is 0. The van der Waals surface area contributed by atoms with E-state index in [2.05, 4.69) is 6.58 Å². The van der Waals surface area contributed by atoms with Crippen LogP contribution in [0.2, 0.25) is 0 Å². The maximum atomic E-state index is 12.0. The van der Waals surface area contributed by atoms with Crippen molar-refractivity contribution in [1.82, 2.24) is 4.90 Å². The number of carbonyl (C=O) groups excluding carboxylic acids is 2. The third kappa shape index (κ3) is 2.31. The Bertz CT molecular complexity index is 650. The molecule has 1 aromatic carbocycles. The minimum atomic E-state index is -0.498. The van der Waals surface area contributed by atoms with Gasteiger partial charge in [-0.25, -0.2) is 4.79 Å². The second-order valence-electron chi connectivity index (χ2n) is 4.62. The summed E-state index contributed by atoms with van der Waals surface area (Å²) in [5, 5.41) is 1.51. The SMILES string of the molecule is C=C1C(=O)N2C(C(=O)OCc3ccc(OC)cc3)=CS[C@H]12. The first-order valence-corrected chi connectivity index (χ1v) is 7.24. The summed E-state index contributed by atoms with van der Waals surface area (Å²) in [5.41, 5.74) is 1.66. The van der Waals surface area contributed by atoms with E-state index in [1.807, 2.05) is 12.1 Å². The topological polar surface area (TPSA) is 55.8 Å². The summed E-state index contributed by atoms with van der Waals surface area (Å²) in [6.45, 7) is 3.83. The smallest absolute Gasteiger partial charge is 0.355 e. The number of benzene rings is 1. The molecule has 2 heterocycles. The van der Waals surface area contributed by atoms with Gasteiger partial charge in [0, 0.05) is 11.0 Å². The largest absolute Gasteiger partial charge is 0.497 e. The molecule has 0 saturated carbocycles. The highest BCUT2D eigenvalue weighted by atomic mass is 32.2. The van der Waals surface area contributed by atoms with Crippen molar-refractivity contribution < 1.29 is 19.1 Å². The molecule has 5 nitrogen and oxygen atoms in total. The Balaban J connectivity index is 1.60. The van der Waals surface area contributed by atoms with Crippen molar-refractivity contribution in [2.75, 3.05) is 7.11 Å². The summed E-state index contributed by atoms with van der Waals surface area (Å²) in [7, 11) is 1.59. The van der Waals surface area contributed by atoms with Gasteiger partial charge in [0.2, 0.25) is 0 Å². The lowest BCUT2D eigenvalue weighted by Crippen LogP contribution is -2.50. The number of fused-ring (bicyclic) bond motifs is 1. The maximum Gasteiger partial charge on any atom is 0.355 e. The molecule has 0 N–H and O–H groups in total. The third-order valence-corrected chi connectivity index (χ3v) is 4.44. The molecule has 0 radical (unpaired) electrons. The van der Waals surface area contributed by atoms with Crippen LogP contribution in [0.5, 0.6) is 5.75 Å². The minimum absolute atomic E-state index is 0.138. The molecule has 6 heteroatoms. The Morgan fingerprint density at radius 3 is 2.76 bits per heavy atom. The highest BCUT2D eigenvalue weighted by Gasteiger charge is 2.48. The van der Waals surface area contributed by atoms with Gasteiger partial charge in [0.1, 0.15) is 23.4 Å². The molecular formula is C15H13NO4S. The highest BCUT2D eigenvalue weighted by Crippen LogP contribution is 2.43. The molecule has 21 heavy (non-hydrogen) atoms. The van der Waals surface area contributed by atoms with Gasteiger partial charge in [0.25, 0.3) is 5.91 Å². The van der Waals surface area contributed by atoms with Gasteiger partial charge in [-0.2, -0.15) is 0 Å². The number of amides is 1.